The van der Waals surface area contributed by atoms with Crippen molar-refractivity contribution in [2.45, 2.75) is 30.7 Å². The molecule has 292 valence electrons. The summed E-state index contributed by atoms with van der Waals surface area (Å²) in [6, 6.07) is 31.6. The molecule has 5 atom stereocenters. The Kier molecular flexibility index (Phi) is 14.5. The van der Waals surface area contributed by atoms with Crippen molar-refractivity contribution in [3.8, 4) is 0 Å². The molecule has 0 N–H and O–H groups in total. The van der Waals surface area contributed by atoms with E-state index in [4.69, 9.17) is 28.4 Å². The van der Waals surface area contributed by atoms with Crippen molar-refractivity contribution in [3.63, 3.8) is 0 Å². The molecule has 1 saturated heterocycles. The molecule has 0 amide bonds. The summed E-state index contributed by atoms with van der Waals surface area (Å²) < 4.78 is 38.8. The summed E-state index contributed by atoms with van der Waals surface area (Å²) >= 11 is 16.7. The molecule has 0 bridgehead atoms. The van der Waals surface area contributed by atoms with Crippen LogP contribution in [0.5, 0.6) is 0 Å². The van der Waals surface area contributed by atoms with E-state index in [2.05, 4.69) is 79.6 Å². The molecule has 0 spiro atoms. The fourth-order valence-corrected chi connectivity index (χ4v) is 7.57. The predicted octanol–water partition coefficient (Wildman–Crippen LogP) is 9.91. The molecule has 0 aromatic heterocycles. The lowest BCUT2D eigenvalue weighted by Gasteiger charge is -2.43. The van der Waals surface area contributed by atoms with Gasteiger partial charge in [0, 0.05) is 22.4 Å². The minimum atomic E-state index is -1.82. The van der Waals surface area contributed by atoms with Crippen molar-refractivity contribution >= 4 is 109 Å². The summed E-state index contributed by atoms with van der Waals surface area (Å²) in [7, 11) is 0. The first-order valence-electron chi connectivity index (χ1n) is 16.8. The van der Waals surface area contributed by atoms with Gasteiger partial charge in [-0.05, 0) is 91.0 Å². The quantitative estimate of drug-likeness (QED) is 0.0922. The maximum Gasteiger partial charge on any atom is 0.340 e. The molecule has 0 aliphatic carbocycles. The van der Waals surface area contributed by atoms with Gasteiger partial charge in [-0.3, -0.25) is 0 Å². The van der Waals surface area contributed by atoms with Gasteiger partial charge in [-0.1, -0.05) is 110 Å². The van der Waals surface area contributed by atoms with Crippen molar-refractivity contribution in [1.29, 1.82) is 0 Å². The van der Waals surface area contributed by atoms with Gasteiger partial charge in [-0.15, -0.1) is 0 Å². The maximum atomic E-state index is 14.0. The van der Waals surface area contributed by atoms with E-state index in [1.54, 1.807) is 60.7 Å². The van der Waals surface area contributed by atoms with Gasteiger partial charge in [-0.25, -0.2) is 24.0 Å². The third-order valence-electron chi connectivity index (χ3n) is 8.22. The average Bonchev–Trinajstić information content (AvgIpc) is 3.19. The molecule has 1 fully saturated rings. The summed E-state index contributed by atoms with van der Waals surface area (Å²) in [4.78, 5) is 68.7. The van der Waals surface area contributed by atoms with Crippen LogP contribution in [0.2, 0.25) is 0 Å². The van der Waals surface area contributed by atoms with E-state index in [-0.39, 0.29) is 27.8 Å². The number of benzene rings is 5. The number of carbonyl (C=O) groups excluding carboxylic acids is 5. The number of hydrogen-bond acceptors (Lipinski definition) is 11. The first-order chi connectivity index (χ1) is 27.3. The van der Waals surface area contributed by atoms with Gasteiger partial charge >= 0.3 is 29.8 Å². The Morgan fingerprint density at radius 1 is 0.421 bits per heavy atom. The highest BCUT2D eigenvalue weighted by Gasteiger charge is 2.55. The molecule has 6 rings (SSSR count). The highest BCUT2D eigenvalue weighted by atomic mass is 79.9. The van der Waals surface area contributed by atoms with Crippen molar-refractivity contribution in [1.82, 2.24) is 0 Å². The molecular formula is C41H27Br5O11. The third kappa shape index (κ3) is 11.3. The van der Waals surface area contributed by atoms with Crippen LogP contribution in [0, 0.1) is 0 Å². The summed E-state index contributed by atoms with van der Waals surface area (Å²) in [5.41, 5.74) is 0.515. The Balaban J connectivity index is 1.45. The molecular weight excluding hydrogens is 1070 g/mol. The number of hydrogen-bond donors (Lipinski definition) is 0. The fraction of sp³-hybridized carbons (Fsp3) is 0.146. The van der Waals surface area contributed by atoms with Gasteiger partial charge in [0.25, 0.3) is 0 Å². The number of carbonyl (C=O) groups is 5. The Morgan fingerprint density at radius 2 is 0.737 bits per heavy atom. The van der Waals surface area contributed by atoms with E-state index in [0.717, 1.165) is 0 Å². The molecule has 16 heteroatoms. The second-order valence-electron chi connectivity index (χ2n) is 12.2. The molecule has 5 aromatic carbocycles. The standard InChI is InChI=1S/C41H27Br5O11/c42-27-11-1-6-22(16-27)36(47)52-21-32-33(54-37(48)23-7-2-12-28(43)17-23)34(55-38(49)24-8-3-13-29(44)18-24)35(56-39(50)25-9-4-14-30(45)19-25)41(53-32)57-40(51)26-10-5-15-31(46)20-26/h1-20,32-35,41H,21H2/t32-,33-,34+,35+,41-/m1/s1. The Morgan fingerprint density at radius 3 is 1.11 bits per heavy atom. The molecule has 0 saturated carbocycles. The largest absolute Gasteiger partial charge is 0.459 e. The molecule has 57 heavy (non-hydrogen) atoms. The molecule has 1 aliphatic heterocycles. The first-order valence-corrected chi connectivity index (χ1v) is 20.8. The predicted molar refractivity (Wildman–Crippen MR) is 223 cm³/mol. The third-order valence-corrected chi connectivity index (χ3v) is 10.7. The van der Waals surface area contributed by atoms with Gasteiger partial charge in [0.15, 0.2) is 12.2 Å². The van der Waals surface area contributed by atoms with Crippen LogP contribution in [0.25, 0.3) is 0 Å². The van der Waals surface area contributed by atoms with Crippen LogP contribution >= 0.6 is 79.6 Å². The van der Waals surface area contributed by atoms with Gasteiger partial charge in [0.05, 0.1) is 27.8 Å². The lowest BCUT2D eigenvalue weighted by atomic mass is 9.97. The van der Waals surface area contributed by atoms with Crippen molar-refractivity contribution in [2.24, 2.45) is 0 Å². The molecule has 0 radical (unpaired) electrons. The SMILES string of the molecule is O=C(OC[C@H]1O[C@H](OC(=O)c2cccc(Br)c2)[C@@H](OC(=O)c2cccc(Br)c2)[C@@H](OC(=O)c2cccc(Br)c2)[C@@H]1OC(=O)c1cccc(Br)c1)c1cccc(Br)c1. The number of halogens is 5. The zero-order valence-corrected chi connectivity index (χ0v) is 37.0. The van der Waals surface area contributed by atoms with Crippen LogP contribution in [0.3, 0.4) is 0 Å². The molecule has 1 heterocycles. The van der Waals surface area contributed by atoms with E-state index in [0.29, 0.717) is 22.4 Å². The lowest BCUT2D eigenvalue weighted by molar-refractivity contribution is -0.282. The number of rotatable bonds is 11. The van der Waals surface area contributed by atoms with E-state index >= 15 is 0 Å². The van der Waals surface area contributed by atoms with E-state index in [1.165, 1.54) is 60.7 Å². The van der Waals surface area contributed by atoms with Crippen LogP contribution in [-0.2, 0) is 28.4 Å². The monoisotopic (exact) mass is 1090 g/mol. The van der Waals surface area contributed by atoms with Crippen molar-refractivity contribution < 1.29 is 52.4 Å². The van der Waals surface area contributed by atoms with Gasteiger partial charge in [-0.2, -0.15) is 0 Å². The molecule has 1 aliphatic rings. The Hall–Kier alpha value is -4.19. The van der Waals surface area contributed by atoms with Crippen LogP contribution < -0.4 is 0 Å². The van der Waals surface area contributed by atoms with Crippen LogP contribution in [0.15, 0.2) is 144 Å². The topological polar surface area (TPSA) is 141 Å². The molecule has 0 unspecified atom stereocenters. The second kappa shape index (κ2) is 19.5. The fourth-order valence-electron chi connectivity index (χ4n) is 5.58. The number of ether oxygens (including phenoxy) is 6. The Bertz CT molecular complexity index is 2320. The highest BCUT2D eigenvalue weighted by molar-refractivity contribution is 9.11. The summed E-state index contributed by atoms with van der Waals surface area (Å²) in [5.74, 6) is -4.41. The van der Waals surface area contributed by atoms with E-state index in [1.807, 2.05) is 0 Å². The van der Waals surface area contributed by atoms with Crippen LogP contribution in [0.1, 0.15) is 51.8 Å². The summed E-state index contributed by atoms with van der Waals surface area (Å²) in [6.45, 7) is -0.607. The van der Waals surface area contributed by atoms with Gasteiger partial charge < -0.3 is 28.4 Å². The number of esters is 5. The Labute approximate surface area is 367 Å². The summed E-state index contributed by atoms with van der Waals surface area (Å²) in [6.07, 6.45) is -8.42. The molecule has 5 aromatic rings. The first kappa shape index (κ1) is 42.4. The maximum absolute atomic E-state index is 14.0. The van der Waals surface area contributed by atoms with Gasteiger partial charge in [0.2, 0.25) is 12.4 Å². The van der Waals surface area contributed by atoms with Crippen LogP contribution in [-0.4, -0.2) is 67.2 Å². The zero-order valence-electron chi connectivity index (χ0n) is 29.0. The van der Waals surface area contributed by atoms with E-state index < -0.39 is 67.2 Å². The van der Waals surface area contributed by atoms with Crippen molar-refractivity contribution in [2.75, 3.05) is 6.61 Å². The zero-order chi connectivity index (χ0) is 40.6. The van der Waals surface area contributed by atoms with Crippen LogP contribution in [0.4, 0.5) is 0 Å². The second-order valence-corrected chi connectivity index (χ2v) is 16.8. The summed E-state index contributed by atoms with van der Waals surface area (Å²) in [5, 5.41) is 0. The lowest BCUT2D eigenvalue weighted by Crippen LogP contribution is -2.63. The smallest absolute Gasteiger partial charge is 0.340 e. The minimum absolute atomic E-state index is 0.0744. The normalized spacial score (nSPS) is 18.8. The highest BCUT2D eigenvalue weighted by Crippen LogP contribution is 2.33. The minimum Gasteiger partial charge on any atom is -0.459 e. The van der Waals surface area contributed by atoms with E-state index in [9.17, 15) is 24.0 Å². The average molecular weight is 1100 g/mol. The van der Waals surface area contributed by atoms with Gasteiger partial charge in [0.1, 0.15) is 12.7 Å². The molecule has 11 nitrogen and oxygen atoms in total. The van der Waals surface area contributed by atoms with Crippen molar-refractivity contribution in [3.05, 3.63) is 172 Å².